The molecule has 43 heavy (non-hydrogen) atoms. The highest BCUT2D eigenvalue weighted by molar-refractivity contribution is 7.15. The molecule has 1 N–H and O–H groups in total. The first-order valence-electron chi connectivity index (χ1n) is 14.3. The molecule has 11 heteroatoms. The highest BCUT2D eigenvalue weighted by Gasteiger charge is 2.33. The van der Waals surface area contributed by atoms with Crippen LogP contribution in [0.3, 0.4) is 0 Å². The summed E-state index contributed by atoms with van der Waals surface area (Å²) in [5.74, 6) is 0.531. The van der Waals surface area contributed by atoms with Gasteiger partial charge in [0.25, 0.3) is 0 Å². The van der Waals surface area contributed by atoms with Crippen molar-refractivity contribution in [1.29, 1.82) is 0 Å². The minimum absolute atomic E-state index is 0.167. The number of nitrogens with zero attached hydrogens (tertiary/aromatic N) is 4. The highest BCUT2D eigenvalue weighted by Crippen LogP contribution is 2.37. The van der Waals surface area contributed by atoms with Gasteiger partial charge in [-0.15, -0.1) is 11.3 Å². The fourth-order valence-corrected chi connectivity index (χ4v) is 6.86. The van der Waals surface area contributed by atoms with Gasteiger partial charge < -0.3 is 9.84 Å². The second kappa shape index (κ2) is 12.5. The minimum Gasteiger partial charge on any atom is -0.489 e. The average Bonchev–Trinajstić information content (AvgIpc) is 3.53. The van der Waals surface area contributed by atoms with E-state index in [2.05, 4.69) is 25.0 Å². The molecule has 0 saturated carbocycles. The molecule has 228 valence electrons. The number of carboxylic acids is 1. The standard InChI is InChI=1S/C32H35F3N4O3S/c1-5-27-24(31(40)41)16-36-39(27)29-8-6-7-26(37-29)30-25(20(3)21(4)43-30)17-42-28-10-9-23(15-19(28)2)22-11-13-38(14-12-22)18-32(33,34)35/h6-10,15-16,22H,5,11-14,17-18H2,1-4H3,(H,40,41). The van der Waals surface area contributed by atoms with E-state index in [1.807, 2.05) is 44.2 Å². The zero-order valence-electron chi connectivity index (χ0n) is 24.7. The molecule has 0 unspecified atom stereocenters. The van der Waals surface area contributed by atoms with Gasteiger partial charge in [-0.1, -0.05) is 25.1 Å². The van der Waals surface area contributed by atoms with Crippen molar-refractivity contribution >= 4 is 17.3 Å². The Kier molecular flexibility index (Phi) is 8.94. The molecule has 0 amide bonds. The fraction of sp³-hybridized carbons (Fsp3) is 0.406. The van der Waals surface area contributed by atoms with Gasteiger partial charge in [-0.3, -0.25) is 4.90 Å². The molecule has 1 aliphatic rings. The minimum atomic E-state index is -4.16. The SMILES string of the molecule is CCc1c(C(=O)O)cnn1-c1cccc(-c2sc(C)c(C)c2COc2ccc(C3CCN(CC(F)(F)F)CC3)cc2C)n1. The highest BCUT2D eigenvalue weighted by atomic mass is 32.1. The van der Waals surface area contributed by atoms with Crippen LogP contribution in [-0.4, -0.2) is 56.6 Å². The van der Waals surface area contributed by atoms with Gasteiger partial charge in [0.1, 0.15) is 17.9 Å². The molecule has 7 nitrogen and oxygen atoms in total. The molecule has 1 fully saturated rings. The molecule has 0 bridgehead atoms. The van der Waals surface area contributed by atoms with Crippen molar-refractivity contribution < 1.29 is 27.8 Å². The lowest BCUT2D eigenvalue weighted by molar-refractivity contribution is -0.147. The third kappa shape index (κ3) is 6.78. The second-order valence-electron chi connectivity index (χ2n) is 11.0. The second-order valence-corrected chi connectivity index (χ2v) is 12.3. The lowest BCUT2D eigenvalue weighted by Gasteiger charge is -2.32. The number of benzene rings is 1. The first kappa shape index (κ1) is 30.7. The lowest BCUT2D eigenvalue weighted by Crippen LogP contribution is -2.39. The summed E-state index contributed by atoms with van der Waals surface area (Å²) < 4.78 is 46.2. The van der Waals surface area contributed by atoms with Gasteiger partial charge >= 0.3 is 12.1 Å². The molecular formula is C32H35F3N4O3S. The number of hydrogen-bond acceptors (Lipinski definition) is 6. The molecule has 1 aromatic carbocycles. The Bertz CT molecular complexity index is 1620. The van der Waals surface area contributed by atoms with Crippen molar-refractivity contribution in [2.75, 3.05) is 19.6 Å². The molecule has 4 heterocycles. The van der Waals surface area contributed by atoms with E-state index in [0.717, 1.165) is 43.5 Å². The van der Waals surface area contributed by atoms with Crippen LogP contribution < -0.4 is 4.74 Å². The Morgan fingerprint density at radius 3 is 2.53 bits per heavy atom. The van der Waals surface area contributed by atoms with E-state index in [0.29, 0.717) is 50.5 Å². The van der Waals surface area contributed by atoms with Crippen molar-refractivity contribution in [2.45, 2.75) is 65.7 Å². The number of aromatic nitrogens is 3. The van der Waals surface area contributed by atoms with Gasteiger partial charge in [0.2, 0.25) is 0 Å². The third-order valence-electron chi connectivity index (χ3n) is 8.16. The van der Waals surface area contributed by atoms with Crippen molar-refractivity contribution in [1.82, 2.24) is 19.7 Å². The largest absolute Gasteiger partial charge is 0.489 e. The quantitative estimate of drug-likeness (QED) is 0.211. The van der Waals surface area contributed by atoms with Crippen LogP contribution in [0.5, 0.6) is 5.75 Å². The van der Waals surface area contributed by atoms with Crippen molar-refractivity contribution in [3.8, 4) is 22.1 Å². The molecule has 5 rings (SSSR count). The first-order valence-corrected chi connectivity index (χ1v) is 15.2. The molecule has 0 aliphatic carbocycles. The summed E-state index contributed by atoms with van der Waals surface area (Å²) in [4.78, 5) is 20.1. The topological polar surface area (TPSA) is 80.5 Å². The Morgan fingerprint density at radius 1 is 1.14 bits per heavy atom. The Hall–Kier alpha value is -3.70. The number of alkyl halides is 3. The zero-order valence-corrected chi connectivity index (χ0v) is 25.5. The number of pyridine rings is 1. The van der Waals surface area contributed by atoms with Gasteiger partial charge in [0, 0.05) is 10.4 Å². The number of aryl methyl sites for hydroxylation is 2. The molecule has 0 atom stereocenters. The number of carboxylic acid groups (broad SMARTS) is 1. The fourth-order valence-electron chi connectivity index (χ4n) is 5.73. The van der Waals surface area contributed by atoms with Crippen LogP contribution in [-0.2, 0) is 13.0 Å². The number of piperidine rings is 1. The maximum absolute atomic E-state index is 12.8. The van der Waals surface area contributed by atoms with Crippen molar-refractivity contribution in [3.05, 3.63) is 81.0 Å². The normalized spacial score (nSPS) is 14.8. The summed E-state index contributed by atoms with van der Waals surface area (Å²) in [5, 5.41) is 13.8. The van der Waals surface area contributed by atoms with E-state index in [1.165, 1.54) is 11.1 Å². The molecule has 3 aromatic heterocycles. The van der Waals surface area contributed by atoms with Crippen LogP contribution in [0.25, 0.3) is 16.4 Å². The maximum atomic E-state index is 12.8. The Balaban J connectivity index is 1.32. The van der Waals surface area contributed by atoms with Crippen LogP contribution in [0.1, 0.15) is 68.9 Å². The number of likely N-dealkylation sites (tertiary alicyclic amines) is 1. The molecule has 4 aromatic rings. The van der Waals surface area contributed by atoms with Crippen molar-refractivity contribution in [3.63, 3.8) is 0 Å². The van der Waals surface area contributed by atoms with Gasteiger partial charge in [0.15, 0.2) is 5.82 Å². The monoisotopic (exact) mass is 612 g/mol. The van der Waals surface area contributed by atoms with Gasteiger partial charge in [0.05, 0.1) is 29.0 Å². The summed E-state index contributed by atoms with van der Waals surface area (Å²) in [5.41, 5.74) is 5.81. The Labute approximate surface area is 252 Å². The van der Waals surface area contributed by atoms with Crippen LogP contribution in [0, 0.1) is 20.8 Å². The van der Waals surface area contributed by atoms with E-state index in [9.17, 15) is 23.1 Å². The first-order chi connectivity index (χ1) is 20.4. The predicted octanol–water partition coefficient (Wildman–Crippen LogP) is 7.50. The van der Waals surface area contributed by atoms with E-state index < -0.39 is 18.7 Å². The smallest absolute Gasteiger partial charge is 0.401 e. The number of thiophene rings is 1. The van der Waals surface area contributed by atoms with Crippen LogP contribution in [0.15, 0.2) is 42.6 Å². The third-order valence-corrected chi connectivity index (χ3v) is 9.43. The number of hydrogen-bond donors (Lipinski definition) is 1. The molecular weight excluding hydrogens is 577 g/mol. The summed E-state index contributed by atoms with van der Waals surface area (Å²) in [6.07, 6.45) is -0.897. The van der Waals surface area contributed by atoms with Crippen LogP contribution in [0.4, 0.5) is 13.2 Å². The number of halogens is 3. The van der Waals surface area contributed by atoms with Crippen LogP contribution >= 0.6 is 11.3 Å². The number of ether oxygens (including phenoxy) is 1. The van der Waals surface area contributed by atoms with Gasteiger partial charge in [-0.05, 0) is 93.9 Å². The maximum Gasteiger partial charge on any atom is 0.401 e. The summed E-state index contributed by atoms with van der Waals surface area (Å²) in [6.45, 7) is 8.41. The molecule has 0 radical (unpaired) electrons. The van der Waals surface area contributed by atoms with Crippen LogP contribution in [0.2, 0.25) is 0 Å². The zero-order chi connectivity index (χ0) is 30.9. The van der Waals surface area contributed by atoms with Gasteiger partial charge in [-0.2, -0.15) is 18.3 Å². The Morgan fingerprint density at radius 2 is 1.88 bits per heavy atom. The summed E-state index contributed by atoms with van der Waals surface area (Å²) in [7, 11) is 0. The lowest BCUT2D eigenvalue weighted by atomic mass is 9.88. The van der Waals surface area contributed by atoms with E-state index in [1.54, 1.807) is 16.0 Å². The summed E-state index contributed by atoms with van der Waals surface area (Å²) in [6, 6.07) is 11.7. The van der Waals surface area contributed by atoms with E-state index in [4.69, 9.17) is 9.72 Å². The number of carbonyl (C=O) groups is 1. The van der Waals surface area contributed by atoms with Crippen molar-refractivity contribution in [2.24, 2.45) is 0 Å². The molecule has 0 spiro atoms. The molecule has 1 saturated heterocycles. The van der Waals surface area contributed by atoms with E-state index in [-0.39, 0.29) is 11.5 Å². The predicted molar refractivity (Wildman–Crippen MR) is 160 cm³/mol. The van der Waals surface area contributed by atoms with Gasteiger partial charge in [-0.25, -0.2) is 14.5 Å². The number of rotatable bonds is 9. The average molecular weight is 613 g/mol. The number of aromatic carboxylic acids is 1. The van der Waals surface area contributed by atoms with E-state index >= 15 is 0 Å². The summed E-state index contributed by atoms with van der Waals surface area (Å²) >= 11 is 1.64. The molecule has 1 aliphatic heterocycles.